The summed E-state index contributed by atoms with van der Waals surface area (Å²) in [5.74, 6) is 1.19. The zero-order valence-electron chi connectivity index (χ0n) is 12.1. The molecule has 0 aliphatic heterocycles. The summed E-state index contributed by atoms with van der Waals surface area (Å²) in [7, 11) is 0. The third kappa shape index (κ3) is 3.59. The third-order valence-corrected chi connectivity index (χ3v) is 3.82. The van der Waals surface area contributed by atoms with Crippen LogP contribution in [0.1, 0.15) is 17.9 Å². The summed E-state index contributed by atoms with van der Waals surface area (Å²) >= 11 is 1.39. The van der Waals surface area contributed by atoms with Crippen molar-refractivity contribution in [2.45, 2.75) is 19.8 Å². The van der Waals surface area contributed by atoms with Crippen molar-refractivity contribution >= 4 is 22.4 Å². The first-order valence-corrected chi connectivity index (χ1v) is 7.80. The van der Waals surface area contributed by atoms with E-state index in [-0.39, 0.29) is 5.91 Å². The number of carbonyl (C=O) groups excluding carboxylic acids is 1. The minimum Gasteiger partial charge on any atom is -0.441 e. The van der Waals surface area contributed by atoms with Crippen LogP contribution in [0.15, 0.2) is 46.5 Å². The molecule has 0 bridgehead atoms. The lowest BCUT2D eigenvalue weighted by Gasteiger charge is -1.99. The van der Waals surface area contributed by atoms with Gasteiger partial charge in [0.25, 0.3) is 0 Å². The Morgan fingerprint density at radius 1 is 1.27 bits per heavy atom. The van der Waals surface area contributed by atoms with E-state index >= 15 is 0 Å². The van der Waals surface area contributed by atoms with Gasteiger partial charge in [-0.25, -0.2) is 9.97 Å². The summed E-state index contributed by atoms with van der Waals surface area (Å²) in [5, 5.41) is 5.16. The molecule has 1 aromatic carbocycles. The van der Waals surface area contributed by atoms with E-state index in [1.165, 1.54) is 16.9 Å². The summed E-state index contributed by atoms with van der Waals surface area (Å²) in [6.07, 6.45) is 4.12. The fraction of sp³-hybridized carbons (Fsp3) is 0.188. The minimum absolute atomic E-state index is 0.0926. The highest BCUT2D eigenvalue weighted by Crippen LogP contribution is 2.21. The number of anilines is 1. The van der Waals surface area contributed by atoms with Crippen LogP contribution in [0.2, 0.25) is 0 Å². The Bertz CT molecular complexity index is 748. The number of amides is 1. The van der Waals surface area contributed by atoms with Crippen molar-refractivity contribution in [1.82, 2.24) is 9.97 Å². The second kappa shape index (κ2) is 6.53. The Kier molecular flexibility index (Phi) is 4.29. The van der Waals surface area contributed by atoms with Crippen molar-refractivity contribution in [2.75, 3.05) is 5.32 Å². The van der Waals surface area contributed by atoms with E-state index in [0.29, 0.717) is 23.9 Å². The van der Waals surface area contributed by atoms with E-state index < -0.39 is 0 Å². The Morgan fingerprint density at radius 2 is 2.09 bits per heavy atom. The van der Waals surface area contributed by atoms with Crippen molar-refractivity contribution in [3.8, 4) is 11.3 Å². The van der Waals surface area contributed by atoms with Gasteiger partial charge in [-0.05, 0) is 6.92 Å². The predicted molar refractivity (Wildman–Crippen MR) is 85.7 cm³/mol. The Labute approximate surface area is 132 Å². The number of hydrogen-bond donors (Lipinski definition) is 1. The molecule has 3 rings (SSSR count). The van der Waals surface area contributed by atoms with Gasteiger partial charge in [0.1, 0.15) is 0 Å². The molecule has 0 radical (unpaired) electrons. The molecule has 1 N–H and O–H groups in total. The predicted octanol–water partition coefficient (Wildman–Crippen LogP) is 3.68. The van der Waals surface area contributed by atoms with Crippen LogP contribution >= 0.6 is 11.3 Å². The van der Waals surface area contributed by atoms with Gasteiger partial charge in [-0.1, -0.05) is 29.8 Å². The first-order valence-electron chi connectivity index (χ1n) is 6.92. The highest BCUT2D eigenvalue weighted by Gasteiger charge is 2.09. The smallest absolute Gasteiger partial charge is 0.226 e. The van der Waals surface area contributed by atoms with Crippen molar-refractivity contribution in [3.63, 3.8) is 0 Å². The molecule has 0 unspecified atom stereocenters. The normalized spacial score (nSPS) is 10.6. The Hall–Kier alpha value is -2.47. The van der Waals surface area contributed by atoms with E-state index in [0.717, 1.165) is 11.3 Å². The van der Waals surface area contributed by atoms with Gasteiger partial charge in [0, 0.05) is 30.0 Å². The van der Waals surface area contributed by atoms with Crippen molar-refractivity contribution < 1.29 is 9.21 Å². The molecular weight excluding hydrogens is 298 g/mol. The van der Waals surface area contributed by atoms with Crippen LogP contribution in [-0.4, -0.2) is 15.9 Å². The molecule has 1 amide bonds. The molecular formula is C16H15N3O2S. The molecule has 0 fully saturated rings. The van der Waals surface area contributed by atoms with Gasteiger partial charge in [0.05, 0.1) is 6.20 Å². The molecule has 5 nitrogen and oxygen atoms in total. The standard InChI is InChI=1S/C16H15N3O2S/c1-11-2-4-12(5-3-11)13-10-18-15(21-13)7-6-14(20)19-16-17-8-9-22-16/h2-5,8-10H,6-7H2,1H3,(H,17,19,20). The molecule has 0 saturated heterocycles. The number of nitrogens with one attached hydrogen (secondary N) is 1. The molecule has 0 saturated carbocycles. The second-order valence-corrected chi connectivity index (χ2v) is 5.76. The van der Waals surface area contributed by atoms with Gasteiger partial charge >= 0.3 is 0 Å². The lowest BCUT2D eigenvalue weighted by molar-refractivity contribution is -0.116. The molecule has 0 spiro atoms. The fourth-order valence-corrected chi connectivity index (χ4v) is 2.51. The monoisotopic (exact) mass is 313 g/mol. The lowest BCUT2D eigenvalue weighted by Crippen LogP contribution is -2.12. The van der Waals surface area contributed by atoms with E-state index in [9.17, 15) is 4.79 Å². The molecule has 22 heavy (non-hydrogen) atoms. The number of carbonyl (C=O) groups is 1. The third-order valence-electron chi connectivity index (χ3n) is 3.13. The number of aromatic nitrogens is 2. The summed E-state index contributed by atoms with van der Waals surface area (Å²) < 4.78 is 5.69. The number of benzene rings is 1. The molecule has 112 valence electrons. The van der Waals surface area contributed by atoms with Gasteiger partial charge < -0.3 is 9.73 Å². The number of oxazole rings is 1. The van der Waals surface area contributed by atoms with Crippen molar-refractivity contribution in [2.24, 2.45) is 0 Å². The maximum Gasteiger partial charge on any atom is 0.226 e. The maximum absolute atomic E-state index is 11.8. The largest absolute Gasteiger partial charge is 0.441 e. The van der Waals surface area contributed by atoms with Crippen LogP contribution in [0.5, 0.6) is 0 Å². The summed E-state index contributed by atoms with van der Waals surface area (Å²) in [5.41, 5.74) is 2.18. The van der Waals surface area contributed by atoms with E-state index in [2.05, 4.69) is 15.3 Å². The van der Waals surface area contributed by atoms with E-state index in [4.69, 9.17) is 4.42 Å². The summed E-state index contributed by atoms with van der Waals surface area (Å²) in [6, 6.07) is 8.04. The molecule has 2 aromatic heterocycles. The molecule has 0 aliphatic rings. The number of aryl methyl sites for hydroxylation is 2. The van der Waals surface area contributed by atoms with Crippen molar-refractivity contribution in [3.05, 3.63) is 53.5 Å². The molecule has 0 aliphatic carbocycles. The zero-order chi connectivity index (χ0) is 15.4. The first kappa shape index (κ1) is 14.5. The van der Waals surface area contributed by atoms with Crippen LogP contribution < -0.4 is 5.32 Å². The van der Waals surface area contributed by atoms with Gasteiger partial charge in [0.2, 0.25) is 5.91 Å². The number of rotatable bonds is 5. The second-order valence-electron chi connectivity index (χ2n) is 4.87. The quantitative estimate of drug-likeness (QED) is 0.780. The first-order chi connectivity index (χ1) is 10.7. The molecule has 3 aromatic rings. The molecule has 2 heterocycles. The average Bonchev–Trinajstić information content (AvgIpc) is 3.17. The number of hydrogen-bond acceptors (Lipinski definition) is 5. The highest BCUT2D eigenvalue weighted by molar-refractivity contribution is 7.13. The SMILES string of the molecule is Cc1ccc(-c2cnc(CCC(=O)Nc3nccs3)o2)cc1. The van der Waals surface area contributed by atoms with E-state index in [1.54, 1.807) is 12.4 Å². The van der Waals surface area contributed by atoms with Crippen LogP contribution in [0.3, 0.4) is 0 Å². The van der Waals surface area contributed by atoms with Gasteiger partial charge in [-0.15, -0.1) is 11.3 Å². The van der Waals surface area contributed by atoms with Crippen LogP contribution in [0.25, 0.3) is 11.3 Å². The summed E-state index contributed by atoms with van der Waals surface area (Å²) in [6.45, 7) is 2.04. The van der Waals surface area contributed by atoms with Gasteiger partial charge in [-0.3, -0.25) is 4.79 Å². The van der Waals surface area contributed by atoms with E-state index in [1.807, 2.05) is 36.6 Å². The zero-order valence-corrected chi connectivity index (χ0v) is 12.9. The Morgan fingerprint density at radius 3 is 2.82 bits per heavy atom. The van der Waals surface area contributed by atoms with Gasteiger partial charge in [0.15, 0.2) is 16.8 Å². The topological polar surface area (TPSA) is 68.0 Å². The number of thiazole rings is 1. The van der Waals surface area contributed by atoms with Crippen LogP contribution in [-0.2, 0) is 11.2 Å². The fourth-order valence-electron chi connectivity index (χ4n) is 1.96. The van der Waals surface area contributed by atoms with Gasteiger partial charge in [-0.2, -0.15) is 0 Å². The van der Waals surface area contributed by atoms with Crippen molar-refractivity contribution in [1.29, 1.82) is 0 Å². The minimum atomic E-state index is -0.0926. The maximum atomic E-state index is 11.8. The Balaban J connectivity index is 1.57. The van der Waals surface area contributed by atoms with Crippen LogP contribution in [0.4, 0.5) is 5.13 Å². The van der Waals surface area contributed by atoms with Crippen LogP contribution in [0, 0.1) is 6.92 Å². The lowest BCUT2D eigenvalue weighted by atomic mass is 10.1. The number of nitrogens with zero attached hydrogens (tertiary/aromatic N) is 2. The average molecular weight is 313 g/mol. The highest BCUT2D eigenvalue weighted by atomic mass is 32.1. The summed E-state index contributed by atoms with van der Waals surface area (Å²) in [4.78, 5) is 20.0. The molecule has 0 atom stereocenters. The molecule has 6 heteroatoms.